The minimum absolute atomic E-state index is 0.00868. The molecule has 0 radical (unpaired) electrons. The number of alkyl halides is 8. The Bertz CT molecular complexity index is 3600. The highest BCUT2D eigenvalue weighted by atomic mass is 19.3. The molecule has 10 saturated heterocycles. The minimum atomic E-state index is -2.60. The maximum absolute atomic E-state index is 14.0. The van der Waals surface area contributed by atoms with E-state index < -0.39 is 40.2 Å². The SMILES string of the molecule is CC(C)(C)N1CC2(CCC2)C1.CC(C)(C)N1CC2(CCCC(F)(F)C2)C1.CC(C)(C)N1CC2(CCCC2)C1.CC(C)(C)N1CC2(CCCCC2(F)F)C1.CC(C)(C)N1CC2(CCCCC2)C1.CC(C)(C)N1CCC2(CCC2)C(F)(F)C1.CC(C)(C)N1CCC2(CCC2)C1.CC(C)(C)N1CCC2(CCC2)CC1.CC(C)(C)N1CCC2(CCC2)CC1(F)F.CC(C)(C)N1CCC2(CCCC2)C1. The topological polar surface area (TPSA) is 32.4 Å². The lowest BCUT2D eigenvalue weighted by Gasteiger charge is -2.60. The molecule has 0 aromatic carbocycles. The van der Waals surface area contributed by atoms with Crippen molar-refractivity contribution in [2.45, 2.75) is 563 Å². The van der Waals surface area contributed by atoms with Crippen LogP contribution in [0.5, 0.6) is 0 Å². The van der Waals surface area contributed by atoms with Gasteiger partial charge in [-0.15, -0.1) is 0 Å². The second kappa shape index (κ2) is 41.0. The average molecular weight is 1900 g/mol. The van der Waals surface area contributed by atoms with Gasteiger partial charge >= 0.3 is 6.05 Å². The van der Waals surface area contributed by atoms with Gasteiger partial charge in [-0.3, -0.25) is 44.1 Å². The Morgan fingerprint density at radius 2 is 0.403 bits per heavy atom. The van der Waals surface area contributed by atoms with Gasteiger partial charge in [-0.1, -0.05) is 83.5 Å². The number of likely N-dealkylation sites (tertiary alicyclic amines) is 10. The molecule has 0 N–H and O–H groups in total. The second-order valence-electron chi connectivity index (χ2n) is 60.0. The van der Waals surface area contributed by atoms with E-state index in [1.165, 1.54) is 250 Å². The minimum Gasteiger partial charge on any atom is -0.298 e. The molecule has 0 amide bonds. The van der Waals surface area contributed by atoms with Gasteiger partial charge in [0.25, 0.3) is 11.8 Å². The van der Waals surface area contributed by atoms with E-state index in [0.717, 1.165) is 110 Å². The first-order valence-electron chi connectivity index (χ1n) is 56.2. The summed E-state index contributed by atoms with van der Waals surface area (Å²) in [5, 5.41) is 0. The van der Waals surface area contributed by atoms with E-state index in [9.17, 15) is 35.1 Å². The van der Waals surface area contributed by atoms with Crippen molar-refractivity contribution in [1.29, 1.82) is 0 Å². The second-order valence-corrected chi connectivity index (χ2v) is 60.0. The van der Waals surface area contributed by atoms with Crippen LogP contribution >= 0.6 is 0 Å². The van der Waals surface area contributed by atoms with E-state index in [0.29, 0.717) is 78.6 Å². The summed E-state index contributed by atoms with van der Waals surface area (Å²) in [5.41, 5.74) is 5.32. The largest absolute Gasteiger partial charge is 0.305 e. The molecule has 20 rings (SSSR count). The molecule has 0 bridgehead atoms. The van der Waals surface area contributed by atoms with E-state index >= 15 is 0 Å². The van der Waals surface area contributed by atoms with Crippen molar-refractivity contribution in [2.75, 3.05) is 124 Å². The van der Waals surface area contributed by atoms with Gasteiger partial charge in [0.15, 0.2) is 0 Å². The van der Waals surface area contributed by atoms with Gasteiger partial charge in [0, 0.05) is 177 Å². The molecule has 10 heterocycles. The van der Waals surface area contributed by atoms with Gasteiger partial charge in [-0.25, -0.2) is 31.2 Å². The van der Waals surface area contributed by atoms with Crippen LogP contribution in [0.4, 0.5) is 35.1 Å². The average Bonchev–Trinajstić information content (AvgIpc) is 0.874. The molecule has 10 aliphatic carbocycles. The first-order valence-corrected chi connectivity index (χ1v) is 56.2. The lowest BCUT2D eigenvalue weighted by atomic mass is 9.60. The number of hydrogen-bond donors (Lipinski definition) is 0. The van der Waals surface area contributed by atoms with Crippen molar-refractivity contribution in [3.8, 4) is 0 Å². The fourth-order valence-corrected chi connectivity index (χ4v) is 27.9. The summed E-state index contributed by atoms with van der Waals surface area (Å²) >= 11 is 0. The number of rotatable bonds is 0. The molecule has 10 aliphatic heterocycles. The highest BCUT2D eigenvalue weighted by Crippen LogP contribution is 2.62. The molecule has 10 saturated carbocycles. The van der Waals surface area contributed by atoms with Crippen LogP contribution in [0.25, 0.3) is 0 Å². The number of piperidine rings is 3. The van der Waals surface area contributed by atoms with E-state index in [2.05, 4.69) is 205 Å². The summed E-state index contributed by atoms with van der Waals surface area (Å²) < 4.78 is 110. The lowest BCUT2D eigenvalue weighted by molar-refractivity contribution is -0.238. The molecule has 20 aliphatic rings. The summed E-state index contributed by atoms with van der Waals surface area (Å²) in [7, 11) is 0. The van der Waals surface area contributed by atoms with Crippen molar-refractivity contribution < 1.29 is 35.1 Å². The standard InChI is InChI=1S/4C12H21F2N.3C12H23N.2C11H21N.C10H19N/c1-10(2,3)15-8-11(9-15)5-4-6-12(13,14)7-11;1-10(2,3)15-8-7-11(5-4-6-11)12(13,14)9-15;1-10(2,3)15-8-7-11(5-4-6-11)9-12(15,13)14;1-10(2,3)15-8-11(9-15)6-4-5-7-12(11,13)14;1-11(2,3)13-9-7-12(8-10-13)5-4-6-12;1-11(2,3)13-9-8-12(10-13)6-4-5-7-12;1-11(2,3)13-9-12(10-13)7-5-4-6-8-12;1-10(2,3)12-8-7-11(9-12)5-4-6-11;1-10(2,3)12-8-11(9-12)6-4-5-7-11;1-9(2,3)11-7-10(8-11)5-4-6-10/h4*4-9H2,1-3H3;3*4-10H2,1-3H3;2*4-9H2,1-3H3;4-8H2,1-3H3. The summed E-state index contributed by atoms with van der Waals surface area (Å²) in [6.07, 6.45) is 50.5. The molecule has 0 aromatic heterocycles. The molecule has 784 valence electrons. The highest BCUT2D eigenvalue weighted by molar-refractivity contribution is 5.12. The summed E-state index contributed by atoms with van der Waals surface area (Å²) in [5.74, 6) is -7.30. The zero-order valence-electron chi connectivity index (χ0n) is 93.3. The number of halogens is 8. The van der Waals surface area contributed by atoms with Crippen molar-refractivity contribution in [2.24, 2.45) is 54.1 Å². The number of nitrogens with zero attached hydrogens (tertiary/aromatic N) is 10. The Balaban J connectivity index is 0.000000143. The van der Waals surface area contributed by atoms with Gasteiger partial charge in [0.1, 0.15) is 0 Å². The molecule has 18 heteroatoms. The van der Waals surface area contributed by atoms with Crippen molar-refractivity contribution >= 4 is 0 Å². The van der Waals surface area contributed by atoms with Crippen LogP contribution in [-0.4, -0.2) is 253 Å². The Kier molecular flexibility index (Phi) is 34.7. The zero-order chi connectivity index (χ0) is 99.6. The summed E-state index contributed by atoms with van der Waals surface area (Å²) in [6.45, 7) is 87.0. The van der Waals surface area contributed by atoms with Crippen molar-refractivity contribution in [1.82, 2.24) is 49.0 Å². The quantitative estimate of drug-likeness (QED) is 0.173. The lowest BCUT2D eigenvalue weighted by Crippen LogP contribution is -2.69. The summed E-state index contributed by atoms with van der Waals surface area (Å²) in [6, 6.07) is -2.60. The summed E-state index contributed by atoms with van der Waals surface area (Å²) in [4.78, 5) is 23.6. The zero-order valence-corrected chi connectivity index (χ0v) is 93.3. The van der Waals surface area contributed by atoms with Crippen LogP contribution in [0, 0.1) is 54.1 Å². The molecule has 0 aromatic rings. The third kappa shape index (κ3) is 28.1. The maximum atomic E-state index is 14.0. The van der Waals surface area contributed by atoms with Crippen LogP contribution in [0.1, 0.15) is 484 Å². The predicted molar refractivity (Wildman–Crippen MR) is 551 cm³/mol. The smallest absolute Gasteiger partial charge is 0.298 e. The Morgan fingerprint density at radius 1 is 0.157 bits per heavy atom. The van der Waals surface area contributed by atoms with Crippen LogP contribution < -0.4 is 0 Å². The molecular weight excluding hydrogens is 1690 g/mol. The first-order chi connectivity index (χ1) is 61.1. The molecule has 0 atom stereocenters. The highest BCUT2D eigenvalue weighted by Gasteiger charge is 2.64. The first kappa shape index (κ1) is 113. The normalized spacial score (nSPS) is 29.6. The number of hydrogen-bond acceptors (Lipinski definition) is 10. The van der Waals surface area contributed by atoms with Crippen molar-refractivity contribution in [3.63, 3.8) is 0 Å². The van der Waals surface area contributed by atoms with Gasteiger partial charge in [-0.05, 0) is 445 Å². The van der Waals surface area contributed by atoms with Crippen LogP contribution in [-0.2, 0) is 0 Å². The fourth-order valence-electron chi connectivity index (χ4n) is 27.9. The maximum Gasteiger partial charge on any atom is 0.305 e. The van der Waals surface area contributed by atoms with Crippen molar-refractivity contribution in [3.05, 3.63) is 0 Å². The molecule has 10 nitrogen and oxygen atoms in total. The monoisotopic (exact) mass is 1900 g/mol. The van der Waals surface area contributed by atoms with E-state index in [1.54, 1.807) is 0 Å². The Labute approximate surface area is 821 Å². The predicted octanol–water partition coefficient (Wildman–Crippen LogP) is 30.3. The molecular formula is C116H214F8N10. The van der Waals surface area contributed by atoms with Gasteiger partial charge in [0.05, 0.1) is 12.0 Å². The van der Waals surface area contributed by atoms with E-state index in [1.807, 2.05) is 46.4 Å². The van der Waals surface area contributed by atoms with E-state index in [4.69, 9.17) is 0 Å². The van der Waals surface area contributed by atoms with Gasteiger partial charge in [-0.2, -0.15) is 8.78 Å². The van der Waals surface area contributed by atoms with Crippen LogP contribution in [0.2, 0.25) is 0 Å². The molecule has 134 heavy (non-hydrogen) atoms. The third-order valence-corrected chi connectivity index (χ3v) is 39.4. The van der Waals surface area contributed by atoms with Gasteiger partial charge < -0.3 is 0 Å². The molecule has 10 spiro atoms. The third-order valence-electron chi connectivity index (χ3n) is 39.4. The van der Waals surface area contributed by atoms with Crippen LogP contribution in [0.15, 0.2) is 0 Å². The molecule has 0 unspecified atom stereocenters. The Hall–Kier alpha value is -0.960. The van der Waals surface area contributed by atoms with Crippen LogP contribution in [0.3, 0.4) is 0 Å². The fraction of sp³-hybridized carbons (Fsp3) is 1.00. The van der Waals surface area contributed by atoms with Gasteiger partial charge in [0.2, 0.25) is 5.92 Å². The molecule has 20 fully saturated rings. The Morgan fingerprint density at radius 3 is 0.694 bits per heavy atom. The van der Waals surface area contributed by atoms with E-state index in [-0.39, 0.29) is 59.7 Å².